The molecule has 0 amide bonds. The van der Waals surface area contributed by atoms with E-state index in [0.29, 0.717) is 5.02 Å². The maximum Gasteiger partial charge on any atom is 0.201 e. The van der Waals surface area contributed by atoms with E-state index in [0.717, 1.165) is 26.5 Å². The third kappa shape index (κ3) is 2.22. The predicted molar refractivity (Wildman–Crippen MR) is 80.7 cm³/mol. The number of allylic oxidation sites excluding steroid dienone is 2. The Kier molecular flexibility index (Phi) is 3.21. The van der Waals surface area contributed by atoms with Crippen molar-refractivity contribution in [3.05, 3.63) is 69.6 Å². The molecule has 94 valence electrons. The zero-order valence-electron chi connectivity index (χ0n) is 10.3. The third-order valence-electron chi connectivity index (χ3n) is 3.17. The van der Waals surface area contributed by atoms with Crippen molar-refractivity contribution in [1.82, 2.24) is 0 Å². The number of carbonyl (C=O) groups excluding carboxylic acids is 1. The Morgan fingerprint density at radius 1 is 1.05 bits per heavy atom. The van der Waals surface area contributed by atoms with Gasteiger partial charge in [-0.05, 0) is 42.3 Å². The van der Waals surface area contributed by atoms with E-state index in [9.17, 15) is 4.79 Å². The van der Waals surface area contributed by atoms with Gasteiger partial charge in [-0.1, -0.05) is 47.6 Å². The molecule has 0 aliphatic carbocycles. The van der Waals surface area contributed by atoms with Crippen molar-refractivity contribution in [2.45, 2.75) is 11.8 Å². The minimum atomic E-state index is 0.119. The van der Waals surface area contributed by atoms with Crippen LogP contribution in [0.15, 0.2) is 58.3 Å². The maximum absolute atomic E-state index is 12.4. The summed E-state index contributed by atoms with van der Waals surface area (Å²) < 4.78 is 0. The molecule has 2 aromatic carbocycles. The molecule has 0 fully saturated rings. The van der Waals surface area contributed by atoms with E-state index in [-0.39, 0.29) is 5.78 Å². The summed E-state index contributed by atoms with van der Waals surface area (Å²) in [5, 5.41) is 0.704. The highest BCUT2D eigenvalue weighted by Gasteiger charge is 2.27. The van der Waals surface area contributed by atoms with E-state index in [1.54, 1.807) is 11.8 Å². The van der Waals surface area contributed by atoms with Gasteiger partial charge in [0.05, 0.1) is 4.91 Å². The van der Waals surface area contributed by atoms with E-state index in [2.05, 4.69) is 0 Å². The minimum absolute atomic E-state index is 0.119. The largest absolute Gasteiger partial charge is 0.288 e. The standard InChI is InChI=1S/C16H11ClOS/c1-10(11-6-8-12(17)9-7-11)16-15(18)13-4-2-3-5-14(13)19-16/h2-9H,1H3/b16-10-. The molecule has 1 heterocycles. The molecule has 0 radical (unpaired) electrons. The molecule has 1 nitrogen and oxygen atoms in total. The Labute approximate surface area is 121 Å². The summed E-state index contributed by atoms with van der Waals surface area (Å²) in [6.45, 7) is 1.98. The summed E-state index contributed by atoms with van der Waals surface area (Å²) >= 11 is 7.44. The first-order chi connectivity index (χ1) is 9.16. The van der Waals surface area contributed by atoms with Crippen LogP contribution in [0.2, 0.25) is 5.02 Å². The molecule has 2 aromatic rings. The fraction of sp³-hybridized carbons (Fsp3) is 0.0625. The number of fused-ring (bicyclic) bond motifs is 1. The van der Waals surface area contributed by atoms with E-state index in [4.69, 9.17) is 11.6 Å². The molecule has 0 aromatic heterocycles. The second-order valence-corrected chi connectivity index (χ2v) is 5.88. The van der Waals surface area contributed by atoms with Gasteiger partial charge in [0, 0.05) is 15.5 Å². The van der Waals surface area contributed by atoms with Gasteiger partial charge >= 0.3 is 0 Å². The number of carbonyl (C=O) groups is 1. The molecule has 0 saturated heterocycles. The normalized spacial score (nSPS) is 16.4. The van der Waals surface area contributed by atoms with Gasteiger partial charge in [-0.2, -0.15) is 0 Å². The summed E-state index contributed by atoms with van der Waals surface area (Å²) in [6.07, 6.45) is 0. The fourth-order valence-corrected chi connectivity index (χ4v) is 3.34. The highest BCUT2D eigenvalue weighted by molar-refractivity contribution is 8.05. The van der Waals surface area contributed by atoms with E-state index >= 15 is 0 Å². The molecule has 3 rings (SSSR count). The van der Waals surface area contributed by atoms with Crippen LogP contribution in [0.1, 0.15) is 22.8 Å². The summed E-state index contributed by atoms with van der Waals surface area (Å²) in [5.74, 6) is 0.119. The molecule has 1 aliphatic heterocycles. The number of Topliss-reactive ketones (excluding diaryl/α,β-unsaturated/α-hetero) is 1. The Hall–Kier alpha value is -1.51. The molecule has 0 spiro atoms. The molecule has 19 heavy (non-hydrogen) atoms. The van der Waals surface area contributed by atoms with Gasteiger partial charge in [0.25, 0.3) is 0 Å². The van der Waals surface area contributed by atoms with E-state index in [1.807, 2.05) is 55.5 Å². The number of hydrogen-bond acceptors (Lipinski definition) is 2. The summed E-state index contributed by atoms with van der Waals surface area (Å²) in [4.78, 5) is 14.2. The molecule has 0 unspecified atom stereocenters. The molecule has 0 bridgehead atoms. The average Bonchev–Trinajstić information content (AvgIpc) is 2.77. The molecule has 3 heteroatoms. The van der Waals surface area contributed by atoms with Crippen LogP contribution in [-0.4, -0.2) is 5.78 Å². The van der Waals surface area contributed by atoms with Gasteiger partial charge in [0.15, 0.2) is 0 Å². The van der Waals surface area contributed by atoms with Gasteiger partial charge in [-0.15, -0.1) is 0 Å². The Morgan fingerprint density at radius 3 is 2.42 bits per heavy atom. The summed E-state index contributed by atoms with van der Waals surface area (Å²) in [6, 6.07) is 15.3. The molecule has 0 N–H and O–H groups in total. The number of ketones is 1. The Morgan fingerprint density at radius 2 is 1.74 bits per heavy atom. The molecule has 0 saturated carbocycles. The summed E-state index contributed by atoms with van der Waals surface area (Å²) in [7, 11) is 0. The Balaban J connectivity index is 2.06. The van der Waals surface area contributed by atoms with Crippen LogP contribution in [0, 0.1) is 0 Å². The van der Waals surface area contributed by atoms with Crippen LogP contribution in [0.4, 0.5) is 0 Å². The maximum atomic E-state index is 12.4. The fourth-order valence-electron chi connectivity index (χ4n) is 2.10. The number of benzene rings is 2. The van der Waals surface area contributed by atoms with Crippen LogP contribution >= 0.6 is 23.4 Å². The van der Waals surface area contributed by atoms with Crippen LogP contribution in [0.5, 0.6) is 0 Å². The monoisotopic (exact) mass is 286 g/mol. The lowest BCUT2D eigenvalue weighted by Crippen LogP contribution is -1.96. The van der Waals surface area contributed by atoms with Crippen LogP contribution < -0.4 is 0 Å². The second kappa shape index (κ2) is 4.87. The van der Waals surface area contributed by atoms with Gasteiger partial charge in [0.1, 0.15) is 0 Å². The first-order valence-corrected chi connectivity index (χ1v) is 7.14. The SMILES string of the molecule is C/C(=C1/Sc2ccccc2C1=O)c1ccc(Cl)cc1. The topological polar surface area (TPSA) is 17.1 Å². The molecule has 1 aliphatic rings. The van der Waals surface area contributed by atoms with E-state index in [1.165, 1.54) is 0 Å². The number of rotatable bonds is 1. The predicted octanol–water partition coefficient (Wildman–Crippen LogP) is 5.06. The number of hydrogen-bond donors (Lipinski definition) is 0. The van der Waals surface area contributed by atoms with Crippen LogP contribution in [0.3, 0.4) is 0 Å². The average molecular weight is 287 g/mol. The smallest absolute Gasteiger partial charge is 0.201 e. The van der Waals surface area contributed by atoms with Crippen LogP contribution in [0.25, 0.3) is 5.57 Å². The third-order valence-corrected chi connectivity index (χ3v) is 4.69. The Bertz CT molecular complexity index is 686. The van der Waals surface area contributed by atoms with Gasteiger partial charge < -0.3 is 0 Å². The van der Waals surface area contributed by atoms with Gasteiger partial charge in [-0.25, -0.2) is 0 Å². The zero-order valence-corrected chi connectivity index (χ0v) is 11.9. The lowest BCUT2D eigenvalue weighted by atomic mass is 10.0. The highest BCUT2D eigenvalue weighted by Crippen LogP contribution is 2.43. The second-order valence-electron chi connectivity index (χ2n) is 4.39. The van der Waals surface area contributed by atoms with Crippen molar-refractivity contribution in [1.29, 1.82) is 0 Å². The number of thioether (sulfide) groups is 1. The van der Waals surface area contributed by atoms with Crippen molar-refractivity contribution < 1.29 is 4.79 Å². The quantitative estimate of drug-likeness (QED) is 0.682. The molecular formula is C16H11ClOS. The summed E-state index contributed by atoms with van der Waals surface area (Å²) in [5.41, 5.74) is 2.84. The van der Waals surface area contributed by atoms with Crippen molar-refractivity contribution in [3.8, 4) is 0 Å². The van der Waals surface area contributed by atoms with Crippen molar-refractivity contribution in [3.63, 3.8) is 0 Å². The van der Waals surface area contributed by atoms with Gasteiger partial charge in [0.2, 0.25) is 5.78 Å². The van der Waals surface area contributed by atoms with Crippen molar-refractivity contribution in [2.24, 2.45) is 0 Å². The number of halogens is 1. The molecule has 0 atom stereocenters. The minimum Gasteiger partial charge on any atom is -0.288 e. The lowest BCUT2D eigenvalue weighted by molar-refractivity contribution is 0.104. The van der Waals surface area contributed by atoms with Crippen molar-refractivity contribution >= 4 is 34.7 Å². The first kappa shape index (κ1) is 12.5. The highest BCUT2D eigenvalue weighted by atomic mass is 35.5. The zero-order chi connectivity index (χ0) is 13.4. The van der Waals surface area contributed by atoms with Gasteiger partial charge in [-0.3, -0.25) is 4.79 Å². The van der Waals surface area contributed by atoms with E-state index < -0.39 is 0 Å². The lowest BCUT2D eigenvalue weighted by Gasteiger charge is -2.05. The first-order valence-electron chi connectivity index (χ1n) is 5.95. The van der Waals surface area contributed by atoms with Crippen molar-refractivity contribution in [2.75, 3.05) is 0 Å². The molecular weight excluding hydrogens is 276 g/mol. The van der Waals surface area contributed by atoms with Crippen LogP contribution in [-0.2, 0) is 0 Å².